The van der Waals surface area contributed by atoms with Crippen molar-refractivity contribution in [3.8, 4) is 67.5 Å². The lowest BCUT2D eigenvalue weighted by atomic mass is 9.66. The molecule has 0 radical (unpaired) electrons. The number of ether oxygens (including phenoxy) is 2. The fraction of sp³-hybridized carbons (Fsp3) is 0.357. The van der Waals surface area contributed by atoms with Gasteiger partial charge < -0.3 is 19.7 Å². The topological polar surface area (TPSA) is 58.9 Å². The van der Waals surface area contributed by atoms with Gasteiger partial charge in [0.05, 0.1) is 13.2 Å². The van der Waals surface area contributed by atoms with Crippen molar-refractivity contribution in [3.63, 3.8) is 0 Å². The average molecular weight is 837 g/mol. The second-order valence-corrected chi connectivity index (χ2v) is 20.8. The fourth-order valence-electron chi connectivity index (χ4n) is 9.03. The molecule has 0 amide bonds. The van der Waals surface area contributed by atoms with Crippen LogP contribution in [0.2, 0.25) is 0 Å². The lowest BCUT2D eigenvalue weighted by molar-refractivity contribution is 0.248. The highest BCUT2D eigenvalue weighted by Crippen LogP contribution is 2.49. The summed E-state index contributed by atoms with van der Waals surface area (Å²) in [5, 5.41) is 24.5. The van der Waals surface area contributed by atoms with Crippen LogP contribution in [0.1, 0.15) is 115 Å². The molecule has 1 aliphatic rings. The quantitative estimate of drug-likeness (QED) is 0.160. The molecule has 6 aromatic carbocycles. The van der Waals surface area contributed by atoms with Gasteiger partial charge in [-0.3, -0.25) is 0 Å². The molecule has 0 saturated heterocycles. The van der Waals surface area contributed by atoms with Gasteiger partial charge in [-0.15, -0.1) is 0 Å². The van der Waals surface area contributed by atoms with Crippen molar-refractivity contribution in [3.05, 3.63) is 142 Å². The maximum Gasteiger partial charge on any atom is 0.131 e. The van der Waals surface area contributed by atoms with E-state index in [0.29, 0.717) is 51.3 Å². The van der Waals surface area contributed by atoms with Crippen molar-refractivity contribution in [2.75, 3.05) is 13.2 Å². The van der Waals surface area contributed by atoms with Gasteiger partial charge in [0, 0.05) is 39.8 Å². The van der Waals surface area contributed by atoms with E-state index in [0.717, 1.165) is 50.9 Å². The Labute approximate surface area is 367 Å². The Bertz CT molecular complexity index is 2490. The summed E-state index contributed by atoms with van der Waals surface area (Å²) in [7, 11) is 0. The molecule has 324 valence electrons. The average Bonchev–Trinajstić information content (AvgIpc) is 3.18. The SMILES string of the molecule is Cc1cc2c(O)c(c1)-c1cc(F)ccc1OCCCOc1ccc(F)cc1-c1cc(C)cc(c1O)-c1cc(C(C)(C)C)cc(c1)C(C)(C)CC(C)(C)c1cc-2cc(C(C)(C)C)c1. The maximum absolute atomic E-state index is 15.1. The highest BCUT2D eigenvalue weighted by atomic mass is 19.1. The van der Waals surface area contributed by atoms with Crippen LogP contribution in [0.25, 0.3) is 44.5 Å². The molecule has 0 atom stereocenters. The molecule has 62 heavy (non-hydrogen) atoms. The molecule has 0 saturated carbocycles. The van der Waals surface area contributed by atoms with Crippen LogP contribution in [0, 0.1) is 25.5 Å². The number of halogens is 2. The van der Waals surface area contributed by atoms with Crippen LogP contribution in [-0.2, 0) is 21.7 Å². The zero-order chi connectivity index (χ0) is 45.1. The van der Waals surface area contributed by atoms with Gasteiger partial charge in [-0.1, -0.05) is 106 Å². The Balaban J connectivity index is 1.48. The molecule has 6 aromatic rings. The van der Waals surface area contributed by atoms with Crippen LogP contribution in [0.3, 0.4) is 0 Å². The Morgan fingerprint density at radius 1 is 0.484 bits per heavy atom. The van der Waals surface area contributed by atoms with E-state index in [9.17, 15) is 10.2 Å². The maximum atomic E-state index is 15.1. The minimum atomic E-state index is -0.445. The van der Waals surface area contributed by atoms with E-state index in [4.69, 9.17) is 9.47 Å². The number of hydrogen-bond acceptors (Lipinski definition) is 4. The molecule has 7 rings (SSSR count). The number of fused-ring (bicyclic) bond motifs is 14. The number of rotatable bonds is 0. The first-order valence-corrected chi connectivity index (χ1v) is 21.8. The van der Waals surface area contributed by atoms with E-state index in [2.05, 4.69) is 106 Å². The molecule has 4 nitrogen and oxygen atoms in total. The number of hydrogen-bond donors (Lipinski definition) is 2. The predicted octanol–water partition coefficient (Wildman–Crippen LogP) is 15.1. The van der Waals surface area contributed by atoms with Crippen molar-refractivity contribution in [2.24, 2.45) is 0 Å². The monoisotopic (exact) mass is 836 g/mol. The molecule has 2 N–H and O–H groups in total. The van der Waals surface area contributed by atoms with E-state index in [1.165, 1.54) is 24.3 Å². The second-order valence-electron chi connectivity index (χ2n) is 20.8. The molecule has 1 heterocycles. The van der Waals surface area contributed by atoms with E-state index >= 15 is 8.78 Å². The molecule has 0 aliphatic carbocycles. The van der Waals surface area contributed by atoms with Gasteiger partial charge in [0.1, 0.15) is 34.6 Å². The first-order chi connectivity index (χ1) is 28.9. The van der Waals surface area contributed by atoms with Crippen molar-refractivity contribution in [1.82, 2.24) is 0 Å². The number of phenols is 2. The van der Waals surface area contributed by atoms with E-state index < -0.39 is 11.6 Å². The smallest absolute Gasteiger partial charge is 0.131 e. The minimum absolute atomic E-state index is 0.0519. The normalized spacial score (nSPS) is 15.3. The van der Waals surface area contributed by atoms with Gasteiger partial charge in [0.15, 0.2) is 0 Å². The third-order valence-corrected chi connectivity index (χ3v) is 12.4. The number of aromatic hydroxyl groups is 2. The van der Waals surface area contributed by atoms with Crippen LogP contribution >= 0.6 is 0 Å². The van der Waals surface area contributed by atoms with Crippen molar-refractivity contribution >= 4 is 0 Å². The largest absolute Gasteiger partial charge is 0.507 e. The molecule has 1 aliphatic heterocycles. The first kappa shape index (κ1) is 44.4. The van der Waals surface area contributed by atoms with Gasteiger partial charge in [0.2, 0.25) is 0 Å². The van der Waals surface area contributed by atoms with Crippen LogP contribution in [-0.4, -0.2) is 23.4 Å². The Morgan fingerprint density at radius 2 is 0.855 bits per heavy atom. The summed E-state index contributed by atoms with van der Waals surface area (Å²) < 4.78 is 42.8. The highest BCUT2D eigenvalue weighted by Gasteiger charge is 2.35. The van der Waals surface area contributed by atoms with Crippen LogP contribution in [0.15, 0.2) is 97.1 Å². The van der Waals surface area contributed by atoms with Crippen LogP contribution < -0.4 is 9.47 Å². The van der Waals surface area contributed by atoms with Crippen molar-refractivity contribution in [1.29, 1.82) is 0 Å². The fourth-order valence-corrected chi connectivity index (χ4v) is 9.03. The zero-order valence-corrected chi connectivity index (χ0v) is 38.5. The van der Waals surface area contributed by atoms with Gasteiger partial charge in [-0.05, 0) is 147 Å². The summed E-state index contributed by atoms with van der Waals surface area (Å²) in [5.74, 6) is 0.0704. The third-order valence-electron chi connectivity index (χ3n) is 12.4. The van der Waals surface area contributed by atoms with Crippen molar-refractivity contribution < 1.29 is 28.5 Å². The lowest BCUT2D eigenvalue weighted by Gasteiger charge is -2.38. The molecular formula is C56H62F2O4. The Hall–Kier alpha value is -5.62. The molecule has 0 spiro atoms. The van der Waals surface area contributed by atoms with Crippen LogP contribution in [0.4, 0.5) is 8.78 Å². The van der Waals surface area contributed by atoms with Crippen LogP contribution in [0.5, 0.6) is 23.0 Å². The summed E-state index contributed by atoms with van der Waals surface area (Å²) in [4.78, 5) is 0. The number of benzene rings is 6. The Morgan fingerprint density at radius 3 is 1.23 bits per heavy atom. The second kappa shape index (κ2) is 16.3. The zero-order valence-electron chi connectivity index (χ0n) is 38.5. The summed E-state index contributed by atoms with van der Waals surface area (Å²) >= 11 is 0. The van der Waals surface area contributed by atoms with Gasteiger partial charge >= 0.3 is 0 Å². The van der Waals surface area contributed by atoms with E-state index in [1.807, 2.05) is 38.1 Å². The summed E-state index contributed by atoms with van der Waals surface area (Å²) in [6, 6.07) is 29.8. The summed E-state index contributed by atoms with van der Waals surface area (Å²) in [6.45, 7) is 26.8. The number of aryl methyl sites for hydroxylation is 2. The molecule has 0 fully saturated rings. The van der Waals surface area contributed by atoms with E-state index in [-0.39, 0.29) is 46.4 Å². The summed E-state index contributed by atoms with van der Waals surface area (Å²) in [5.41, 5.74) is 10.2. The van der Waals surface area contributed by atoms with Gasteiger partial charge in [0.25, 0.3) is 0 Å². The van der Waals surface area contributed by atoms with E-state index in [1.54, 1.807) is 12.1 Å². The third kappa shape index (κ3) is 9.12. The van der Waals surface area contributed by atoms with Crippen molar-refractivity contribution in [2.45, 2.75) is 118 Å². The minimum Gasteiger partial charge on any atom is -0.507 e. The highest BCUT2D eigenvalue weighted by molar-refractivity contribution is 5.87. The predicted molar refractivity (Wildman–Crippen MR) is 251 cm³/mol. The molecule has 6 heteroatoms. The molecular weight excluding hydrogens is 775 g/mol. The number of phenolic OH excluding ortho intramolecular Hbond substituents is 2. The molecule has 0 aromatic heterocycles. The molecule has 0 unspecified atom stereocenters. The lowest BCUT2D eigenvalue weighted by Crippen LogP contribution is -2.30. The summed E-state index contributed by atoms with van der Waals surface area (Å²) in [6.07, 6.45) is 1.21. The Kier molecular flexibility index (Phi) is 11.6. The standard InChI is InChI=1S/C56H62F2O4/c1-33-20-43-35-24-37(53(3,4)5)28-39(26-35)55(9,10)32-56(11,12)40-27-36(25-38(29-40)54(6,7)8)44-21-34(2)23-48(52(44)60)46-31-42(58)15-17-50(46)62-19-13-18-61-49-16-14-41(57)30-45(49)47(22-33)51(43)59/h14-17,20-31,59-60H,13,18-19,32H2,1-12H3. The van der Waals surface area contributed by atoms with Gasteiger partial charge in [-0.25, -0.2) is 8.78 Å². The van der Waals surface area contributed by atoms with Gasteiger partial charge in [-0.2, -0.15) is 0 Å². The molecule has 8 bridgehead atoms. The first-order valence-electron chi connectivity index (χ1n) is 21.8.